The highest BCUT2D eigenvalue weighted by Crippen LogP contribution is 2.38. The van der Waals surface area contributed by atoms with Crippen molar-refractivity contribution >= 4 is 11.6 Å². The van der Waals surface area contributed by atoms with Gasteiger partial charge in [-0.2, -0.15) is 5.26 Å². The molecule has 1 aromatic heterocycles. The van der Waals surface area contributed by atoms with E-state index in [1.54, 1.807) is 17.0 Å². The molecule has 1 N–H and O–H groups in total. The number of aromatic hydroxyl groups is 1. The number of pyridine rings is 1. The van der Waals surface area contributed by atoms with E-state index in [9.17, 15) is 9.90 Å². The van der Waals surface area contributed by atoms with E-state index in [-0.39, 0.29) is 24.7 Å². The predicted octanol–water partition coefficient (Wildman–Crippen LogP) is 5.43. The molecule has 5 rings (SSSR count). The lowest BCUT2D eigenvalue weighted by Crippen LogP contribution is -2.39. The second-order valence-corrected chi connectivity index (χ2v) is 7.93. The number of nitriles is 1. The van der Waals surface area contributed by atoms with Crippen molar-refractivity contribution in [2.75, 3.05) is 18.1 Å². The van der Waals surface area contributed by atoms with Crippen molar-refractivity contribution in [3.05, 3.63) is 84.9 Å². The molecule has 0 fully saturated rings. The summed E-state index contributed by atoms with van der Waals surface area (Å²) >= 11 is 0. The molecule has 1 aliphatic rings. The zero-order chi connectivity index (χ0) is 23.5. The van der Waals surface area contributed by atoms with Crippen molar-refractivity contribution < 1.29 is 14.6 Å². The summed E-state index contributed by atoms with van der Waals surface area (Å²) in [5.74, 6) is 0.570. The fourth-order valence-corrected chi connectivity index (χ4v) is 4.07. The predicted molar refractivity (Wildman–Crippen MR) is 130 cm³/mol. The largest absolute Gasteiger partial charge is 0.507 e. The van der Waals surface area contributed by atoms with E-state index in [4.69, 9.17) is 15.0 Å². The summed E-state index contributed by atoms with van der Waals surface area (Å²) in [4.78, 5) is 18.9. The van der Waals surface area contributed by atoms with E-state index in [0.717, 1.165) is 16.7 Å². The number of amides is 1. The van der Waals surface area contributed by atoms with Gasteiger partial charge in [0.15, 0.2) is 6.61 Å². The van der Waals surface area contributed by atoms with Crippen LogP contribution in [0.15, 0.2) is 84.9 Å². The molecule has 34 heavy (non-hydrogen) atoms. The first-order valence-electron chi connectivity index (χ1n) is 10.9. The number of phenolic OH excluding ortho intramolecular Hbond substituents is 1. The van der Waals surface area contributed by atoms with Gasteiger partial charge in [-0.3, -0.25) is 4.79 Å². The SMILES string of the molecule is N#CCCN1C(=O)COc2ccc(-c3cc(-c4ccccc4)cc(-c4ccccc4O)n3)cc21. The number of aromatic nitrogens is 1. The van der Waals surface area contributed by atoms with Gasteiger partial charge in [0, 0.05) is 17.7 Å². The van der Waals surface area contributed by atoms with Gasteiger partial charge in [0.25, 0.3) is 5.91 Å². The van der Waals surface area contributed by atoms with Gasteiger partial charge in [-0.1, -0.05) is 42.5 Å². The topological polar surface area (TPSA) is 86.5 Å². The van der Waals surface area contributed by atoms with Crippen molar-refractivity contribution in [2.45, 2.75) is 6.42 Å². The number of benzene rings is 3. The fraction of sp³-hybridized carbons (Fsp3) is 0.107. The Labute approximate surface area is 197 Å². The van der Waals surface area contributed by atoms with Crippen LogP contribution in [0, 0.1) is 11.3 Å². The lowest BCUT2D eigenvalue weighted by molar-refractivity contribution is -0.121. The summed E-state index contributed by atoms with van der Waals surface area (Å²) in [6, 6.07) is 28.7. The van der Waals surface area contributed by atoms with Crippen LogP contribution in [0.2, 0.25) is 0 Å². The van der Waals surface area contributed by atoms with Gasteiger partial charge in [0.05, 0.1) is 29.6 Å². The molecule has 0 radical (unpaired) electrons. The number of fused-ring (bicyclic) bond motifs is 1. The van der Waals surface area contributed by atoms with E-state index in [0.29, 0.717) is 34.9 Å². The van der Waals surface area contributed by atoms with Crippen molar-refractivity contribution in [1.82, 2.24) is 4.98 Å². The molecule has 6 nitrogen and oxygen atoms in total. The monoisotopic (exact) mass is 447 g/mol. The third kappa shape index (κ3) is 4.07. The molecule has 0 spiro atoms. The molecule has 6 heteroatoms. The number of hydrogen-bond acceptors (Lipinski definition) is 5. The van der Waals surface area contributed by atoms with Crippen molar-refractivity contribution in [2.24, 2.45) is 0 Å². The van der Waals surface area contributed by atoms with Crippen molar-refractivity contribution in [3.63, 3.8) is 0 Å². The van der Waals surface area contributed by atoms with Crippen LogP contribution in [0.4, 0.5) is 5.69 Å². The molecule has 0 unspecified atom stereocenters. The molecular weight excluding hydrogens is 426 g/mol. The van der Waals surface area contributed by atoms with Gasteiger partial charge in [-0.25, -0.2) is 4.98 Å². The first kappa shape index (κ1) is 21.2. The molecule has 0 atom stereocenters. The number of carbonyl (C=O) groups is 1. The molecule has 166 valence electrons. The second kappa shape index (κ2) is 9.08. The van der Waals surface area contributed by atoms with Gasteiger partial charge >= 0.3 is 0 Å². The Morgan fingerprint density at radius 3 is 2.47 bits per heavy atom. The molecule has 3 aromatic carbocycles. The van der Waals surface area contributed by atoms with E-state index in [2.05, 4.69) is 6.07 Å². The number of nitrogens with zero attached hydrogens (tertiary/aromatic N) is 3. The summed E-state index contributed by atoms with van der Waals surface area (Å²) in [5.41, 5.74) is 5.37. The van der Waals surface area contributed by atoms with Crippen LogP contribution in [-0.2, 0) is 4.79 Å². The summed E-state index contributed by atoms with van der Waals surface area (Å²) in [5, 5.41) is 19.5. The minimum absolute atomic E-state index is 0.0447. The quantitative estimate of drug-likeness (QED) is 0.441. The van der Waals surface area contributed by atoms with Gasteiger partial charge in [0.2, 0.25) is 0 Å². The fourth-order valence-electron chi connectivity index (χ4n) is 4.07. The number of phenols is 1. The lowest BCUT2D eigenvalue weighted by Gasteiger charge is -2.29. The van der Waals surface area contributed by atoms with Crippen LogP contribution in [0.1, 0.15) is 6.42 Å². The van der Waals surface area contributed by atoms with Crippen LogP contribution in [0.5, 0.6) is 11.5 Å². The normalized spacial score (nSPS) is 12.6. The molecule has 0 saturated carbocycles. The van der Waals surface area contributed by atoms with Crippen LogP contribution in [0.3, 0.4) is 0 Å². The van der Waals surface area contributed by atoms with Crippen LogP contribution in [-0.4, -0.2) is 29.1 Å². The van der Waals surface area contributed by atoms with Crippen LogP contribution < -0.4 is 9.64 Å². The minimum Gasteiger partial charge on any atom is -0.507 e. The number of carbonyl (C=O) groups excluding carboxylic acids is 1. The molecule has 0 aliphatic carbocycles. The number of rotatable bonds is 5. The van der Waals surface area contributed by atoms with E-state index in [1.807, 2.05) is 72.8 Å². The third-order valence-electron chi connectivity index (χ3n) is 5.76. The van der Waals surface area contributed by atoms with Crippen LogP contribution >= 0.6 is 0 Å². The van der Waals surface area contributed by atoms with Gasteiger partial charge < -0.3 is 14.7 Å². The third-order valence-corrected chi connectivity index (χ3v) is 5.76. The average Bonchev–Trinajstić information content (AvgIpc) is 2.88. The number of hydrogen-bond donors (Lipinski definition) is 1. The maximum Gasteiger partial charge on any atom is 0.265 e. The lowest BCUT2D eigenvalue weighted by atomic mass is 9.99. The van der Waals surface area contributed by atoms with E-state index >= 15 is 0 Å². The minimum atomic E-state index is -0.180. The average molecular weight is 447 g/mol. The Bertz CT molecular complexity index is 1410. The number of ether oxygens (including phenoxy) is 1. The molecule has 0 bridgehead atoms. The first-order chi connectivity index (χ1) is 16.6. The summed E-state index contributed by atoms with van der Waals surface area (Å²) < 4.78 is 5.61. The molecule has 2 heterocycles. The van der Waals surface area contributed by atoms with Gasteiger partial charge in [-0.05, 0) is 53.6 Å². The first-order valence-corrected chi connectivity index (χ1v) is 10.9. The zero-order valence-electron chi connectivity index (χ0n) is 18.3. The summed E-state index contributed by atoms with van der Waals surface area (Å²) in [6.45, 7) is 0.257. The molecule has 1 amide bonds. The van der Waals surface area contributed by atoms with E-state index in [1.165, 1.54) is 0 Å². The Hall–Kier alpha value is -4.63. The maximum absolute atomic E-state index is 12.5. The van der Waals surface area contributed by atoms with Crippen LogP contribution in [0.25, 0.3) is 33.6 Å². The van der Waals surface area contributed by atoms with Gasteiger partial charge in [0.1, 0.15) is 11.5 Å². The highest BCUT2D eigenvalue weighted by Gasteiger charge is 2.26. The maximum atomic E-state index is 12.5. The zero-order valence-corrected chi connectivity index (χ0v) is 18.3. The summed E-state index contributed by atoms with van der Waals surface area (Å²) in [7, 11) is 0. The standard InChI is InChI=1S/C28H21N3O3/c29-13-6-14-31-25-17-20(11-12-27(25)34-18-28(31)33)23-15-21(19-7-2-1-3-8-19)16-24(30-23)22-9-4-5-10-26(22)32/h1-5,7-12,15-17,32H,6,14,18H2. The Morgan fingerprint density at radius 1 is 0.912 bits per heavy atom. The number of anilines is 1. The Balaban J connectivity index is 1.66. The summed E-state index contributed by atoms with van der Waals surface area (Å²) in [6.07, 6.45) is 0.231. The van der Waals surface area contributed by atoms with E-state index < -0.39 is 0 Å². The Morgan fingerprint density at radius 2 is 1.68 bits per heavy atom. The van der Waals surface area contributed by atoms with Crippen molar-refractivity contribution in [3.8, 4) is 51.2 Å². The molecule has 0 saturated heterocycles. The smallest absolute Gasteiger partial charge is 0.265 e. The van der Waals surface area contributed by atoms with Gasteiger partial charge in [-0.15, -0.1) is 0 Å². The second-order valence-electron chi connectivity index (χ2n) is 7.93. The highest BCUT2D eigenvalue weighted by atomic mass is 16.5. The molecule has 4 aromatic rings. The highest BCUT2D eigenvalue weighted by molar-refractivity contribution is 5.98. The molecular formula is C28H21N3O3. The Kier molecular flexibility index (Phi) is 5.67. The van der Waals surface area contributed by atoms with Crippen molar-refractivity contribution in [1.29, 1.82) is 5.26 Å². The molecule has 1 aliphatic heterocycles. The number of para-hydroxylation sites is 1.